The summed E-state index contributed by atoms with van der Waals surface area (Å²) in [6.45, 7) is 4.45. The molecule has 0 aromatic carbocycles. The van der Waals surface area contributed by atoms with Crippen molar-refractivity contribution in [3.05, 3.63) is 23.8 Å². The standard InChI is InChI=1S/C14H20O/c1-9-5-10(2)15-14(6-9)13-8-11-3-4-12(13)7-11/h3-4,6,10-14H,5,7-8H2,1-2H3. The smallest absolute Gasteiger partial charge is 0.0796 e. The van der Waals surface area contributed by atoms with Crippen LogP contribution in [0.3, 0.4) is 0 Å². The van der Waals surface area contributed by atoms with Crippen LogP contribution in [0, 0.1) is 17.8 Å². The predicted octanol–water partition coefficient (Wildman–Crippen LogP) is 3.32. The van der Waals surface area contributed by atoms with Crippen molar-refractivity contribution < 1.29 is 4.74 Å². The van der Waals surface area contributed by atoms with Crippen molar-refractivity contribution in [3.8, 4) is 0 Å². The normalized spacial score (nSPS) is 48.4. The van der Waals surface area contributed by atoms with E-state index in [2.05, 4.69) is 32.1 Å². The van der Waals surface area contributed by atoms with Gasteiger partial charge in [-0.1, -0.05) is 23.8 Å². The topological polar surface area (TPSA) is 9.23 Å². The molecule has 0 aromatic heterocycles. The molecule has 0 spiro atoms. The van der Waals surface area contributed by atoms with E-state index in [1.807, 2.05) is 0 Å². The maximum Gasteiger partial charge on any atom is 0.0796 e. The molecule has 0 saturated heterocycles. The van der Waals surface area contributed by atoms with Crippen LogP contribution in [0.5, 0.6) is 0 Å². The monoisotopic (exact) mass is 204 g/mol. The van der Waals surface area contributed by atoms with Gasteiger partial charge in [-0.2, -0.15) is 0 Å². The lowest BCUT2D eigenvalue weighted by Crippen LogP contribution is -2.32. The van der Waals surface area contributed by atoms with Crippen molar-refractivity contribution in [2.45, 2.75) is 45.3 Å². The van der Waals surface area contributed by atoms with Crippen LogP contribution in [0.1, 0.15) is 33.1 Å². The summed E-state index contributed by atoms with van der Waals surface area (Å²) in [4.78, 5) is 0. The van der Waals surface area contributed by atoms with Crippen molar-refractivity contribution in [2.75, 3.05) is 0 Å². The number of hydrogen-bond donors (Lipinski definition) is 0. The molecule has 2 bridgehead atoms. The molecule has 0 aromatic rings. The molecule has 3 rings (SSSR count). The van der Waals surface area contributed by atoms with Crippen LogP contribution in [-0.4, -0.2) is 12.2 Å². The van der Waals surface area contributed by atoms with Gasteiger partial charge in [0.25, 0.3) is 0 Å². The maximum absolute atomic E-state index is 6.08. The Hall–Kier alpha value is -0.560. The van der Waals surface area contributed by atoms with Gasteiger partial charge in [-0.15, -0.1) is 0 Å². The van der Waals surface area contributed by atoms with Gasteiger partial charge in [-0.05, 0) is 50.9 Å². The lowest BCUT2D eigenvalue weighted by atomic mass is 9.86. The number of allylic oxidation sites excluding steroid dienone is 2. The van der Waals surface area contributed by atoms with Crippen molar-refractivity contribution >= 4 is 0 Å². The summed E-state index contributed by atoms with van der Waals surface area (Å²) in [6.07, 6.45) is 11.9. The summed E-state index contributed by atoms with van der Waals surface area (Å²) in [6, 6.07) is 0. The highest BCUT2D eigenvalue weighted by molar-refractivity contribution is 5.16. The molecule has 1 nitrogen and oxygen atoms in total. The number of ether oxygens (including phenoxy) is 1. The van der Waals surface area contributed by atoms with Gasteiger partial charge in [0.05, 0.1) is 12.2 Å². The minimum absolute atomic E-state index is 0.397. The van der Waals surface area contributed by atoms with Gasteiger partial charge in [0.1, 0.15) is 0 Å². The summed E-state index contributed by atoms with van der Waals surface area (Å²) in [7, 11) is 0. The summed E-state index contributed by atoms with van der Waals surface area (Å²) in [5.74, 6) is 2.42. The molecule has 0 radical (unpaired) electrons. The second kappa shape index (κ2) is 3.48. The van der Waals surface area contributed by atoms with Crippen LogP contribution in [0.25, 0.3) is 0 Å². The third-order valence-corrected chi connectivity index (χ3v) is 4.20. The number of hydrogen-bond acceptors (Lipinski definition) is 1. The van der Waals surface area contributed by atoms with Gasteiger partial charge in [0, 0.05) is 0 Å². The molecule has 1 heterocycles. The van der Waals surface area contributed by atoms with E-state index < -0.39 is 0 Å². The average Bonchev–Trinajstić information content (AvgIpc) is 2.76. The first-order valence-electron chi connectivity index (χ1n) is 6.23. The van der Waals surface area contributed by atoms with Gasteiger partial charge in [0.15, 0.2) is 0 Å². The zero-order chi connectivity index (χ0) is 10.4. The Bertz CT molecular complexity index is 315. The molecular weight excluding hydrogens is 184 g/mol. The quantitative estimate of drug-likeness (QED) is 0.595. The molecule has 5 unspecified atom stereocenters. The summed E-state index contributed by atoms with van der Waals surface area (Å²) in [5.41, 5.74) is 1.52. The molecule has 2 aliphatic carbocycles. The van der Waals surface area contributed by atoms with Gasteiger partial charge in [-0.25, -0.2) is 0 Å². The lowest BCUT2D eigenvalue weighted by Gasteiger charge is -2.33. The molecule has 1 heteroatoms. The fourth-order valence-electron chi connectivity index (χ4n) is 3.58. The van der Waals surface area contributed by atoms with Gasteiger partial charge >= 0.3 is 0 Å². The SMILES string of the molecule is CC1=CC(C2CC3C=CC2C3)OC(C)C1. The average molecular weight is 204 g/mol. The molecule has 0 amide bonds. The van der Waals surface area contributed by atoms with E-state index in [1.165, 1.54) is 18.4 Å². The van der Waals surface area contributed by atoms with Crippen LogP contribution in [-0.2, 0) is 4.74 Å². The molecule has 82 valence electrons. The molecule has 15 heavy (non-hydrogen) atoms. The highest BCUT2D eigenvalue weighted by Gasteiger charge is 2.40. The van der Waals surface area contributed by atoms with Crippen molar-refractivity contribution in [3.63, 3.8) is 0 Å². The Morgan fingerprint density at radius 2 is 2.13 bits per heavy atom. The van der Waals surface area contributed by atoms with E-state index in [0.717, 1.165) is 24.2 Å². The van der Waals surface area contributed by atoms with E-state index in [-0.39, 0.29) is 0 Å². The zero-order valence-electron chi connectivity index (χ0n) is 9.65. The van der Waals surface area contributed by atoms with Crippen LogP contribution in [0.2, 0.25) is 0 Å². The molecule has 0 N–H and O–H groups in total. The van der Waals surface area contributed by atoms with Crippen molar-refractivity contribution in [1.82, 2.24) is 0 Å². The van der Waals surface area contributed by atoms with Crippen LogP contribution >= 0.6 is 0 Å². The Morgan fingerprint density at radius 1 is 1.27 bits per heavy atom. The Balaban J connectivity index is 1.77. The third-order valence-electron chi connectivity index (χ3n) is 4.20. The molecule has 1 saturated carbocycles. The van der Waals surface area contributed by atoms with Crippen molar-refractivity contribution in [2.24, 2.45) is 17.8 Å². The number of fused-ring (bicyclic) bond motifs is 2. The first kappa shape index (κ1) is 9.65. The number of rotatable bonds is 1. The van der Waals surface area contributed by atoms with Crippen LogP contribution in [0.4, 0.5) is 0 Å². The van der Waals surface area contributed by atoms with E-state index in [4.69, 9.17) is 4.74 Å². The zero-order valence-corrected chi connectivity index (χ0v) is 9.65. The van der Waals surface area contributed by atoms with Crippen LogP contribution in [0.15, 0.2) is 23.8 Å². The minimum Gasteiger partial charge on any atom is -0.371 e. The first-order chi connectivity index (χ1) is 7.22. The molecule has 3 aliphatic rings. The molecule has 1 aliphatic heterocycles. The van der Waals surface area contributed by atoms with E-state index >= 15 is 0 Å². The third kappa shape index (κ3) is 1.67. The second-order valence-corrected chi connectivity index (χ2v) is 5.57. The Morgan fingerprint density at radius 3 is 2.73 bits per heavy atom. The van der Waals surface area contributed by atoms with Gasteiger partial charge in [0.2, 0.25) is 0 Å². The van der Waals surface area contributed by atoms with Gasteiger partial charge in [-0.3, -0.25) is 0 Å². The summed E-state index contributed by atoms with van der Waals surface area (Å²) in [5, 5.41) is 0. The molecular formula is C14H20O. The van der Waals surface area contributed by atoms with E-state index in [0.29, 0.717) is 12.2 Å². The minimum atomic E-state index is 0.397. The predicted molar refractivity (Wildman–Crippen MR) is 61.6 cm³/mol. The first-order valence-corrected chi connectivity index (χ1v) is 6.23. The highest BCUT2D eigenvalue weighted by Crippen LogP contribution is 2.46. The summed E-state index contributed by atoms with van der Waals surface area (Å²) < 4.78 is 6.08. The Kier molecular flexibility index (Phi) is 2.24. The highest BCUT2D eigenvalue weighted by atomic mass is 16.5. The second-order valence-electron chi connectivity index (χ2n) is 5.57. The fraction of sp³-hybridized carbons (Fsp3) is 0.714. The molecule has 5 atom stereocenters. The largest absolute Gasteiger partial charge is 0.371 e. The van der Waals surface area contributed by atoms with E-state index in [1.54, 1.807) is 0 Å². The van der Waals surface area contributed by atoms with Crippen LogP contribution < -0.4 is 0 Å². The van der Waals surface area contributed by atoms with Gasteiger partial charge < -0.3 is 4.74 Å². The Labute approximate surface area is 92.2 Å². The lowest BCUT2D eigenvalue weighted by molar-refractivity contribution is -0.0222. The molecule has 1 fully saturated rings. The van der Waals surface area contributed by atoms with E-state index in [9.17, 15) is 0 Å². The van der Waals surface area contributed by atoms with Crippen molar-refractivity contribution in [1.29, 1.82) is 0 Å². The fourth-order valence-corrected chi connectivity index (χ4v) is 3.58. The summed E-state index contributed by atoms with van der Waals surface area (Å²) >= 11 is 0. The maximum atomic E-state index is 6.08.